The Morgan fingerprint density at radius 1 is 1.25 bits per heavy atom. The van der Waals surface area contributed by atoms with E-state index in [4.69, 9.17) is 0 Å². The summed E-state index contributed by atoms with van der Waals surface area (Å²) in [7, 11) is -3.58. The molecule has 0 radical (unpaired) electrons. The van der Waals surface area contributed by atoms with Crippen molar-refractivity contribution in [2.75, 3.05) is 0 Å². The van der Waals surface area contributed by atoms with Crippen LogP contribution in [-0.2, 0) is 21.2 Å². The third-order valence-corrected chi connectivity index (χ3v) is 4.93. The predicted molar refractivity (Wildman–Crippen MR) is 78.0 cm³/mol. The van der Waals surface area contributed by atoms with Crippen LogP contribution in [0.25, 0.3) is 0 Å². The molecule has 1 amide bonds. The van der Waals surface area contributed by atoms with E-state index >= 15 is 0 Å². The zero-order valence-corrected chi connectivity index (χ0v) is 13.7. The number of hydrogen-bond acceptors (Lipinski definition) is 4. The average Bonchev–Trinajstić information content (AvgIpc) is 2.56. The molecule has 6 nitrogen and oxygen atoms in total. The molecule has 0 saturated heterocycles. The number of aromatic nitrogens is 2. The second-order valence-electron chi connectivity index (χ2n) is 5.48. The second kappa shape index (κ2) is 5.95. The Morgan fingerprint density at radius 2 is 1.80 bits per heavy atom. The normalized spacial score (nSPS) is 12.2. The summed E-state index contributed by atoms with van der Waals surface area (Å²) in [6, 6.07) is 0.199. The van der Waals surface area contributed by atoms with Gasteiger partial charge < -0.3 is 0 Å². The first kappa shape index (κ1) is 16.7. The molecule has 20 heavy (non-hydrogen) atoms. The van der Waals surface area contributed by atoms with Crippen LogP contribution < -0.4 is 4.72 Å². The Bertz CT molecular complexity index is 601. The molecular formula is C13H23N3O3S. The van der Waals surface area contributed by atoms with E-state index in [2.05, 4.69) is 9.82 Å². The summed E-state index contributed by atoms with van der Waals surface area (Å²) in [4.78, 5) is 11.9. The number of rotatable bonds is 5. The van der Waals surface area contributed by atoms with Crippen LogP contribution in [0.2, 0.25) is 0 Å². The van der Waals surface area contributed by atoms with Crippen molar-refractivity contribution in [3.63, 3.8) is 0 Å². The highest BCUT2D eigenvalue weighted by atomic mass is 32.2. The second-order valence-corrected chi connectivity index (χ2v) is 7.72. The lowest BCUT2D eigenvalue weighted by Gasteiger charge is -2.10. The third kappa shape index (κ3) is 3.59. The topological polar surface area (TPSA) is 81.1 Å². The molecule has 1 rings (SSSR count). The van der Waals surface area contributed by atoms with Gasteiger partial charge in [-0.25, -0.2) is 8.42 Å². The van der Waals surface area contributed by atoms with Crippen molar-refractivity contribution in [1.82, 2.24) is 14.5 Å². The molecule has 7 heteroatoms. The molecule has 0 aliphatic carbocycles. The number of hydrogen-bond donors (Lipinski definition) is 1. The van der Waals surface area contributed by atoms with Crippen molar-refractivity contribution in [2.45, 2.75) is 59.3 Å². The Kier molecular flexibility index (Phi) is 4.96. The van der Waals surface area contributed by atoms with Gasteiger partial charge in [-0.2, -0.15) is 5.10 Å². The maximum atomic E-state index is 11.9. The number of nitrogens with one attached hydrogen (secondary N) is 1. The minimum Gasteiger partial charge on any atom is -0.274 e. The first-order valence-corrected chi connectivity index (χ1v) is 8.20. The zero-order chi connectivity index (χ0) is 15.7. The van der Waals surface area contributed by atoms with E-state index in [1.54, 1.807) is 0 Å². The summed E-state index contributed by atoms with van der Waals surface area (Å²) in [5, 5.41) is 3.75. The van der Waals surface area contributed by atoms with E-state index in [0.29, 0.717) is 0 Å². The molecule has 0 saturated carbocycles. The molecule has 0 spiro atoms. The van der Waals surface area contributed by atoms with E-state index in [1.165, 1.54) is 13.8 Å². The van der Waals surface area contributed by atoms with Gasteiger partial charge in [-0.1, -0.05) is 0 Å². The standard InChI is InChI=1S/C13H23N3O3S/c1-8(2)16-11(6)12(10(5)14-16)7-13(17)15-20(18,19)9(3)4/h8-9H,7H2,1-6H3,(H,15,17). The van der Waals surface area contributed by atoms with Gasteiger partial charge in [0.15, 0.2) is 0 Å². The van der Waals surface area contributed by atoms with Crippen LogP contribution in [0.3, 0.4) is 0 Å². The maximum absolute atomic E-state index is 11.9. The summed E-state index contributed by atoms with van der Waals surface area (Å²) in [6.07, 6.45) is 0.0241. The molecular weight excluding hydrogens is 278 g/mol. The molecule has 0 bridgehead atoms. The minimum atomic E-state index is -3.58. The van der Waals surface area contributed by atoms with E-state index in [-0.39, 0.29) is 12.5 Å². The quantitative estimate of drug-likeness (QED) is 0.893. The fourth-order valence-corrected chi connectivity index (χ4v) is 2.55. The first-order chi connectivity index (χ1) is 9.06. The van der Waals surface area contributed by atoms with Crippen LogP contribution in [0.4, 0.5) is 0 Å². The van der Waals surface area contributed by atoms with Gasteiger partial charge in [0.1, 0.15) is 0 Å². The minimum absolute atomic E-state index is 0.0241. The summed E-state index contributed by atoms with van der Waals surface area (Å²) in [5.74, 6) is -0.520. The van der Waals surface area contributed by atoms with E-state index in [1.807, 2.05) is 32.4 Å². The number of carbonyl (C=O) groups excluding carboxylic acids is 1. The molecule has 114 valence electrons. The Morgan fingerprint density at radius 3 is 2.20 bits per heavy atom. The van der Waals surface area contributed by atoms with Crippen molar-refractivity contribution in [3.05, 3.63) is 17.0 Å². The molecule has 1 heterocycles. The fraction of sp³-hybridized carbons (Fsp3) is 0.692. The number of amides is 1. The molecule has 0 unspecified atom stereocenters. The number of aryl methyl sites for hydroxylation is 1. The Labute approximate surface area is 120 Å². The van der Waals surface area contributed by atoms with Crippen LogP contribution >= 0.6 is 0 Å². The van der Waals surface area contributed by atoms with Gasteiger partial charge in [-0.05, 0) is 41.5 Å². The zero-order valence-electron chi connectivity index (χ0n) is 12.9. The molecule has 0 aromatic carbocycles. The van der Waals surface area contributed by atoms with Crippen molar-refractivity contribution in [3.8, 4) is 0 Å². The Hall–Kier alpha value is -1.37. The smallest absolute Gasteiger partial charge is 0.237 e. The summed E-state index contributed by atoms with van der Waals surface area (Å²) >= 11 is 0. The molecule has 0 atom stereocenters. The van der Waals surface area contributed by atoms with E-state index in [0.717, 1.165) is 17.0 Å². The number of sulfonamides is 1. The third-order valence-electron chi connectivity index (χ3n) is 3.18. The predicted octanol–water partition coefficient (Wildman–Crippen LogP) is 1.48. The van der Waals surface area contributed by atoms with Gasteiger partial charge >= 0.3 is 0 Å². The summed E-state index contributed by atoms with van der Waals surface area (Å²) in [6.45, 7) is 10.8. The molecule has 1 N–H and O–H groups in total. The van der Waals surface area contributed by atoms with E-state index in [9.17, 15) is 13.2 Å². The van der Waals surface area contributed by atoms with Crippen LogP contribution in [0, 0.1) is 13.8 Å². The number of nitrogens with zero attached hydrogens (tertiary/aromatic N) is 2. The van der Waals surface area contributed by atoms with Gasteiger partial charge in [-0.3, -0.25) is 14.2 Å². The highest BCUT2D eigenvalue weighted by Gasteiger charge is 2.21. The lowest BCUT2D eigenvalue weighted by atomic mass is 10.1. The van der Waals surface area contributed by atoms with Gasteiger partial charge in [0.25, 0.3) is 0 Å². The van der Waals surface area contributed by atoms with E-state index < -0.39 is 21.2 Å². The fourth-order valence-electron chi connectivity index (χ4n) is 1.93. The van der Waals surface area contributed by atoms with Crippen molar-refractivity contribution in [2.24, 2.45) is 0 Å². The average molecular weight is 301 g/mol. The van der Waals surface area contributed by atoms with Crippen molar-refractivity contribution >= 4 is 15.9 Å². The highest BCUT2D eigenvalue weighted by Crippen LogP contribution is 2.17. The van der Waals surface area contributed by atoms with Crippen LogP contribution in [-0.4, -0.2) is 29.4 Å². The lowest BCUT2D eigenvalue weighted by Crippen LogP contribution is -2.36. The van der Waals surface area contributed by atoms with Crippen LogP contribution in [0.5, 0.6) is 0 Å². The lowest BCUT2D eigenvalue weighted by molar-refractivity contribution is -0.118. The molecule has 1 aromatic rings. The molecule has 0 aliphatic rings. The molecule has 0 fully saturated rings. The highest BCUT2D eigenvalue weighted by molar-refractivity contribution is 7.90. The van der Waals surface area contributed by atoms with Crippen LogP contribution in [0.1, 0.15) is 50.7 Å². The summed E-state index contributed by atoms with van der Waals surface area (Å²) < 4.78 is 27.3. The number of carbonyl (C=O) groups is 1. The van der Waals surface area contributed by atoms with Crippen molar-refractivity contribution in [1.29, 1.82) is 0 Å². The van der Waals surface area contributed by atoms with Gasteiger partial charge in [0, 0.05) is 17.3 Å². The maximum Gasteiger partial charge on any atom is 0.237 e. The van der Waals surface area contributed by atoms with Gasteiger partial charge in [0.2, 0.25) is 15.9 Å². The molecule has 1 aromatic heterocycles. The van der Waals surface area contributed by atoms with Gasteiger partial charge in [-0.15, -0.1) is 0 Å². The van der Waals surface area contributed by atoms with Crippen molar-refractivity contribution < 1.29 is 13.2 Å². The summed E-state index contributed by atoms with van der Waals surface area (Å²) in [5.41, 5.74) is 2.44. The largest absolute Gasteiger partial charge is 0.274 e. The Balaban J connectivity index is 2.93. The first-order valence-electron chi connectivity index (χ1n) is 6.65. The van der Waals surface area contributed by atoms with Crippen LogP contribution in [0.15, 0.2) is 0 Å². The SMILES string of the molecule is Cc1nn(C(C)C)c(C)c1CC(=O)NS(=O)(=O)C(C)C. The molecule has 0 aliphatic heterocycles. The monoisotopic (exact) mass is 301 g/mol. The van der Waals surface area contributed by atoms with Gasteiger partial charge in [0.05, 0.1) is 17.4 Å².